The Morgan fingerprint density at radius 1 is 1.29 bits per heavy atom. The standard InChI is InChI=1S/C15H23N5O/c1-12-9-15(10-12,11-16)13(21)19-5-7-20(8-6-19)14-17-3-2-4-18-14/h2-4,12H,5-11,16H2,1H3. The monoisotopic (exact) mass is 289 g/mol. The molecular weight excluding hydrogens is 266 g/mol. The lowest BCUT2D eigenvalue weighted by Crippen LogP contribution is -2.58. The van der Waals surface area contributed by atoms with Crippen molar-refractivity contribution in [2.45, 2.75) is 19.8 Å². The third-order valence-corrected chi connectivity index (χ3v) is 4.72. The number of rotatable bonds is 3. The van der Waals surface area contributed by atoms with Gasteiger partial charge in [-0.1, -0.05) is 6.92 Å². The van der Waals surface area contributed by atoms with Crippen LogP contribution in [-0.2, 0) is 4.79 Å². The Morgan fingerprint density at radius 2 is 1.90 bits per heavy atom. The molecule has 1 saturated heterocycles. The maximum atomic E-state index is 12.7. The van der Waals surface area contributed by atoms with E-state index in [-0.39, 0.29) is 11.3 Å². The van der Waals surface area contributed by atoms with Crippen LogP contribution in [0.2, 0.25) is 0 Å². The third-order valence-electron chi connectivity index (χ3n) is 4.72. The summed E-state index contributed by atoms with van der Waals surface area (Å²) in [6.07, 6.45) is 5.37. The molecule has 0 unspecified atom stereocenters. The summed E-state index contributed by atoms with van der Waals surface area (Å²) >= 11 is 0. The van der Waals surface area contributed by atoms with Crippen molar-refractivity contribution < 1.29 is 4.79 Å². The Balaban J connectivity index is 1.60. The predicted octanol–water partition coefficient (Wildman–Crippen LogP) is 0.500. The first-order valence-electron chi connectivity index (χ1n) is 7.66. The number of carbonyl (C=O) groups excluding carboxylic acids is 1. The molecule has 3 rings (SSSR count). The van der Waals surface area contributed by atoms with Crippen molar-refractivity contribution in [2.75, 3.05) is 37.6 Å². The first-order valence-corrected chi connectivity index (χ1v) is 7.66. The Kier molecular flexibility index (Phi) is 3.80. The van der Waals surface area contributed by atoms with Crippen LogP contribution in [-0.4, -0.2) is 53.5 Å². The van der Waals surface area contributed by atoms with Gasteiger partial charge in [0.05, 0.1) is 5.41 Å². The molecule has 1 amide bonds. The summed E-state index contributed by atoms with van der Waals surface area (Å²) in [6, 6.07) is 1.81. The van der Waals surface area contributed by atoms with E-state index in [4.69, 9.17) is 5.73 Å². The van der Waals surface area contributed by atoms with Gasteiger partial charge in [0.2, 0.25) is 11.9 Å². The van der Waals surface area contributed by atoms with Gasteiger partial charge in [0, 0.05) is 45.1 Å². The average molecular weight is 289 g/mol. The molecule has 0 aromatic carbocycles. The minimum absolute atomic E-state index is 0.247. The number of hydrogen-bond acceptors (Lipinski definition) is 5. The Morgan fingerprint density at radius 3 is 2.43 bits per heavy atom. The number of piperazine rings is 1. The lowest BCUT2D eigenvalue weighted by Gasteiger charge is -2.48. The van der Waals surface area contributed by atoms with Gasteiger partial charge in [0.1, 0.15) is 0 Å². The molecule has 2 heterocycles. The van der Waals surface area contributed by atoms with E-state index < -0.39 is 0 Å². The minimum Gasteiger partial charge on any atom is -0.339 e. The largest absolute Gasteiger partial charge is 0.339 e. The van der Waals surface area contributed by atoms with Crippen molar-refractivity contribution in [1.29, 1.82) is 0 Å². The molecule has 0 bridgehead atoms. The minimum atomic E-state index is -0.287. The first kappa shape index (κ1) is 14.3. The Bertz CT molecular complexity index is 492. The van der Waals surface area contributed by atoms with Crippen LogP contribution in [0.4, 0.5) is 5.95 Å². The summed E-state index contributed by atoms with van der Waals surface area (Å²) in [5.74, 6) is 1.61. The highest BCUT2D eigenvalue weighted by Crippen LogP contribution is 2.46. The van der Waals surface area contributed by atoms with Crippen molar-refractivity contribution >= 4 is 11.9 Å². The number of anilines is 1. The van der Waals surface area contributed by atoms with Crippen molar-refractivity contribution in [1.82, 2.24) is 14.9 Å². The van der Waals surface area contributed by atoms with Crippen molar-refractivity contribution in [3.05, 3.63) is 18.5 Å². The van der Waals surface area contributed by atoms with Gasteiger partial charge in [-0.3, -0.25) is 4.79 Å². The zero-order chi connectivity index (χ0) is 14.9. The van der Waals surface area contributed by atoms with Gasteiger partial charge >= 0.3 is 0 Å². The summed E-state index contributed by atoms with van der Waals surface area (Å²) in [5.41, 5.74) is 5.59. The lowest BCUT2D eigenvalue weighted by molar-refractivity contribution is -0.150. The molecule has 2 fully saturated rings. The Labute approximate surface area is 125 Å². The molecule has 0 radical (unpaired) electrons. The summed E-state index contributed by atoms with van der Waals surface area (Å²) in [6.45, 7) is 5.68. The zero-order valence-corrected chi connectivity index (χ0v) is 12.5. The third kappa shape index (κ3) is 2.60. The highest BCUT2D eigenvalue weighted by atomic mass is 16.2. The highest BCUT2D eigenvalue weighted by molar-refractivity contribution is 5.84. The normalized spacial score (nSPS) is 29.1. The molecule has 1 aliphatic carbocycles. The fourth-order valence-corrected chi connectivity index (χ4v) is 3.60. The Hall–Kier alpha value is -1.69. The van der Waals surface area contributed by atoms with Gasteiger partial charge in [-0.15, -0.1) is 0 Å². The molecular formula is C15H23N5O. The van der Waals surface area contributed by atoms with Gasteiger partial charge in [-0.2, -0.15) is 0 Å². The molecule has 6 nitrogen and oxygen atoms in total. The molecule has 2 N–H and O–H groups in total. The quantitative estimate of drug-likeness (QED) is 0.877. The summed E-state index contributed by atoms with van der Waals surface area (Å²) in [4.78, 5) is 25.3. The molecule has 114 valence electrons. The van der Waals surface area contributed by atoms with E-state index in [9.17, 15) is 4.79 Å². The number of nitrogens with zero attached hydrogens (tertiary/aromatic N) is 4. The predicted molar refractivity (Wildman–Crippen MR) is 80.7 cm³/mol. The van der Waals surface area contributed by atoms with Gasteiger partial charge in [0.15, 0.2) is 0 Å². The molecule has 1 aromatic heterocycles. The smallest absolute Gasteiger partial charge is 0.230 e. The number of amides is 1. The fraction of sp³-hybridized carbons (Fsp3) is 0.667. The molecule has 1 saturated carbocycles. The van der Waals surface area contributed by atoms with Gasteiger partial charge in [0.25, 0.3) is 0 Å². The number of hydrogen-bond donors (Lipinski definition) is 1. The summed E-state index contributed by atoms with van der Waals surface area (Å²) < 4.78 is 0. The molecule has 6 heteroatoms. The second-order valence-electron chi connectivity index (χ2n) is 6.33. The van der Waals surface area contributed by atoms with Gasteiger partial charge in [-0.25, -0.2) is 9.97 Å². The number of nitrogens with two attached hydrogens (primary N) is 1. The van der Waals surface area contributed by atoms with E-state index in [0.29, 0.717) is 12.5 Å². The second-order valence-corrected chi connectivity index (χ2v) is 6.33. The second kappa shape index (κ2) is 5.60. The first-order chi connectivity index (χ1) is 10.1. The van der Waals surface area contributed by atoms with Crippen LogP contribution < -0.4 is 10.6 Å². The molecule has 21 heavy (non-hydrogen) atoms. The van der Waals surface area contributed by atoms with Crippen LogP contribution >= 0.6 is 0 Å². The molecule has 2 aliphatic rings. The summed E-state index contributed by atoms with van der Waals surface area (Å²) in [7, 11) is 0. The van der Waals surface area contributed by atoms with E-state index in [1.165, 1.54) is 0 Å². The molecule has 0 spiro atoms. The van der Waals surface area contributed by atoms with Crippen molar-refractivity contribution in [3.8, 4) is 0 Å². The maximum Gasteiger partial charge on any atom is 0.230 e. The van der Waals surface area contributed by atoms with Crippen molar-refractivity contribution in [2.24, 2.45) is 17.1 Å². The van der Waals surface area contributed by atoms with E-state index in [0.717, 1.165) is 45.0 Å². The highest BCUT2D eigenvalue weighted by Gasteiger charge is 2.49. The van der Waals surface area contributed by atoms with Crippen LogP contribution in [0, 0.1) is 11.3 Å². The summed E-state index contributed by atoms with van der Waals surface area (Å²) in [5, 5.41) is 0. The maximum absolute atomic E-state index is 12.7. The van der Waals surface area contributed by atoms with Crippen LogP contribution in [0.5, 0.6) is 0 Å². The van der Waals surface area contributed by atoms with E-state index in [1.54, 1.807) is 12.4 Å². The van der Waals surface area contributed by atoms with Gasteiger partial charge < -0.3 is 15.5 Å². The topological polar surface area (TPSA) is 75.4 Å². The van der Waals surface area contributed by atoms with Crippen LogP contribution in [0.3, 0.4) is 0 Å². The van der Waals surface area contributed by atoms with E-state index in [1.807, 2.05) is 11.0 Å². The van der Waals surface area contributed by atoms with Crippen molar-refractivity contribution in [3.63, 3.8) is 0 Å². The van der Waals surface area contributed by atoms with E-state index >= 15 is 0 Å². The van der Waals surface area contributed by atoms with Crippen LogP contribution in [0.25, 0.3) is 0 Å². The molecule has 1 aromatic rings. The zero-order valence-electron chi connectivity index (χ0n) is 12.5. The van der Waals surface area contributed by atoms with Gasteiger partial charge in [-0.05, 0) is 24.8 Å². The molecule has 0 atom stereocenters. The molecule has 1 aliphatic heterocycles. The van der Waals surface area contributed by atoms with E-state index in [2.05, 4.69) is 21.8 Å². The average Bonchev–Trinajstić information content (AvgIpc) is 2.52. The number of carbonyl (C=O) groups is 1. The lowest BCUT2D eigenvalue weighted by atomic mass is 9.62. The SMILES string of the molecule is CC1CC(CN)(C(=O)N2CCN(c3ncccn3)CC2)C1. The van der Waals surface area contributed by atoms with Crippen LogP contribution in [0.1, 0.15) is 19.8 Å². The van der Waals surface area contributed by atoms with Crippen LogP contribution in [0.15, 0.2) is 18.5 Å². The fourth-order valence-electron chi connectivity index (χ4n) is 3.60. The number of aromatic nitrogens is 2.